The number of benzene rings is 2. The number of aromatic amines is 1. The van der Waals surface area contributed by atoms with Crippen LogP contribution < -0.4 is 16.0 Å². The van der Waals surface area contributed by atoms with E-state index in [4.69, 9.17) is 4.74 Å². The third kappa shape index (κ3) is 6.19. The molecule has 1 aromatic heterocycles. The van der Waals surface area contributed by atoms with Crippen LogP contribution in [0.5, 0.6) is 0 Å². The number of aliphatic hydroxyl groups excluding tert-OH is 1. The summed E-state index contributed by atoms with van der Waals surface area (Å²) >= 11 is 0. The first-order chi connectivity index (χ1) is 18.7. The average molecular weight is 540 g/mol. The molecule has 2 heterocycles. The van der Waals surface area contributed by atoms with Gasteiger partial charge in [0.2, 0.25) is 0 Å². The van der Waals surface area contributed by atoms with Crippen molar-refractivity contribution in [1.29, 1.82) is 0 Å². The lowest BCUT2D eigenvalue weighted by molar-refractivity contribution is -0.150. The van der Waals surface area contributed by atoms with Gasteiger partial charge in [0, 0.05) is 36.1 Å². The number of carbonyl (C=O) groups is 4. The Morgan fingerprint density at radius 3 is 2.64 bits per heavy atom. The number of hydrogen-bond acceptors (Lipinski definition) is 10. The Hall–Kier alpha value is -4.82. The van der Waals surface area contributed by atoms with Gasteiger partial charge in [-0.2, -0.15) is 0 Å². The standard InChI is InChI=1S/C25H25N5O9/c1-29(13-18(31)37-2)23(34)15-4-3-5-17(12-15)30-10-11-38-20(24(30)35)19(32)22(33)26-16-8-6-14(7-9-16)21-27-25(36)39-28-21/h3-9,12,19-20,32H,10-11,13H2,1-2H3,(H,26,33)(H,27,28,36)/t19-,20-/m1/s1. The van der Waals surface area contributed by atoms with Crippen LogP contribution in [0.25, 0.3) is 11.4 Å². The van der Waals surface area contributed by atoms with Crippen LogP contribution in [-0.4, -0.2) is 89.9 Å². The number of likely N-dealkylation sites (N-methyl/N-ethyl adjacent to an activating group) is 1. The molecule has 1 fully saturated rings. The maximum Gasteiger partial charge on any atom is 0.439 e. The van der Waals surface area contributed by atoms with Crippen molar-refractivity contribution in [3.8, 4) is 11.4 Å². The van der Waals surface area contributed by atoms with E-state index in [1.165, 1.54) is 48.2 Å². The molecule has 0 radical (unpaired) electrons. The van der Waals surface area contributed by atoms with Gasteiger partial charge in [-0.15, -0.1) is 0 Å². The number of rotatable bonds is 8. The molecule has 0 bridgehead atoms. The number of methoxy groups -OCH3 is 1. The first-order valence-electron chi connectivity index (χ1n) is 11.7. The molecule has 2 atom stereocenters. The second-order valence-corrected chi connectivity index (χ2v) is 8.52. The zero-order valence-electron chi connectivity index (χ0n) is 20.9. The van der Waals surface area contributed by atoms with E-state index in [-0.39, 0.29) is 31.1 Å². The SMILES string of the molecule is COC(=O)CN(C)C(=O)c1cccc(N2CCO[C@H]([C@@H](O)C(=O)Nc3ccc(-c4noc(=O)[nH]4)cc3)C2=O)c1. The highest BCUT2D eigenvalue weighted by Crippen LogP contribution is 2.23. The number of ether oxygens (including phenoxy) is 2. The molecule has 2 aromatic carbocycles. The maximum absolute atomic E-state index is 13.2. The summed E-state index contributed by atoms with van der Waals surface area (Å²) in [7, 11) is 2.66. The summed E-state index contributed by atoms with van der Waals surface area (Å²) in [4.78, 5) is 66.1. The lowest BCUT2D eigenvalue weighted by atomic mass is 10.1. The summed E-state index contributed by atoms with van der Waals surface area (Å²) in [6.45, 7) is -0.0848. The molecule has 4 rings (SSSR count). The first-order valence-corrected chi connectivity index (χ1v) is 11.7. The van der Waals surface area contributed by atoms with Crippen LogP contribution in [0.3, 0.4) is 0 Å². The van der Waals surface area contributed by atoms with Gasteiger partial charge in [0.1, 0.15) is 6.54 Å². The largest absolute Gasteiger partial charge is 0.468 e. The van der Waals surface area contributed by atoms with E-state index in [2.05, 4.69) is 24.7 Å². The van der Waals surface area contributed by atoms with E-state index in [0.29, 0.717) is 16.9 Å². The fourth-order valence-corrected chi connectivity index (χ4v) is 3.87. The predicted octanol–water partition coefficient (Wildman–Crippen LogP) is 0.00630. The highest BCUT2D eigenvalue weighted by atomic mass is 16.5. The van der Waals surface area contributed by atoms with Gasteiger partial charge in [0.25, 0.3) is 17.7 Å². The van der Waals surface area contributed by atoms with Crippen LogP contribution in [0, 0.1) is 0 Å². The number of morpholine rings is 1. The average Bonchev–Trinajstić information content (AvgIpc) is 3.38. The molecule has 1 aliphatic rings. The monoisotopic (exact) mass is 539 g/mol. The van der Waals surface area contributed by atoms with Gasteiger partial charge in [0.15, 0.2) is 18.0 Å². The number of nitrogens with zero attached hydrogens (tertiary/aromatic N) is 3. The number of amides is 3. The lowest BCUT2D eigenvalue weighted by Crippen LogP contribution is -2.55. The number of aromatic nitrogens is 2. The maximum atomic E-state index is 13.2. The predicted molar refractivity (Wildman–Crippen MR) is 135 cm³/mol. The summed E-state index contributed by atoms with van der Waals surface area (Å²) in [5.41, 5.74) is 1.43. The van der Waals surface area contributed by atoms with Gasteiger partial charge >= 0.3 is 11.7 Å². The van der Waals surface area contributed by atoms with Crippen LogP contribution in [-0.2, 0) is 23.9 Å². The van der Waals surface area contributed by atoms with Crippen molar-refractivity contribution in [3.63, 3.8) is 0 Å². The molecule has 0 aliphatic carbocycles. The zero-order valence-corrected chi connectivity index (χ0v) is 20.9. The zero-order chi connectivity index (χ0) is 28.1. The minimum absolute atomic E-state index is 0.0335. The van der Waals surface area contributed by atoms with E-state index in [1.54, 1.807) is 24.3 Å². The van der Waals surface area contributed by atoms with Crippen molar-refractivity contribution in [2.24, 2.45) is 0 Å². The van der Waals surface area contributed by atoms with E-state index in [9.17, 15) is 29.1 Å². The lowest BCUT2D eigenvalue weighted by Gasteiger charge is -2.34. The van der Waals surface area contributed by atoms with Crippen LogP contribution in [0.2, 0.25) is 0 Å². The van der Waals surface area contributed by atoms with E-state index in [1.807, 2.05) is 0 Å². The van der Waals surface area contributed by atoms with Gasteiger partial charge < -0.3 is 29.7 Å². The Bertz CT molecular complexity index is 1430. The molecule has 3 aromatic rings. The van der Waals surface area contributed by atoms with Gasteiger partial charge in [0.05, 0.1) is 13.7 Å². The number of aliphatic hydroxyl groups is 1. The quantitative estimate of drug-likeness (QED) is 0.329. The van der Waals surface area contributed by atoms with Crippen LogP contribution in [0.15, 0.2) is 57.8 Å². The fourth-order valence-electron chi connectivity index (χ4n) is 3.87. The third-order valence-corrected chi connectivity index (χ3v) is 5.89. The normalized spacial score (nSPS) is 15.9. The highest BCUT2D eigenvalue weighted by Gasteiger charge is 2.39. The second kappa shape index (κ2) is 11.7. The summed E-state index contributed by atoms with van der Waals surface area (Å²) in [5.74, 6) is -3.07. The molecule has 3 amide bonds. The third-order valence-electron chi connectivity index (χ3n) is 5.89. The molecule has 14 heteroatoms. The smallest absolute Gasteiger partial charge is 0.439 e. The summed E-state index contributed by atoms with van der Waals surface area (Å²) < 4.78 is 14.5. The topological polar surface area (TPSA) is 184 Å². The van der Waals surface area contributed by atoms with Crippen molar-refractivity contribution in [2.45, 2.75) is 12.2 Å². The van der Waals surface area contributed by atoms with Gasteiger partial charge in [-0.05, 0) is 42.5 Å². The summed E-state index contributed by atoms with van der Waals surface area (Å²) in [6, 6.07) is 12.4. The second-order valence-electron chi connectivity index (χ2n) is 8.52. The van der Waals surface area contributed by atoms with E-state index < -0.39 is 41.7 Å². The number of anilines is 2. The van der Waals surface area contributed by atoms with Crippen molar-refractivity contribution in [3.05, 3.63) is 64.6 Å². The van der Waals surface area contributed by atoms with Crippen LogP contribution >= 0.6 is 0 Å². The molecular weight excluding hydrogens is 514 g/mol. The Morgan fingerprint density at radius 1 is 1.23 bits per heavy atom. The number of hydrogen-bond donors (Lipinski definition) is 3. The molecule has 1 aliphatic heterocycles. The number of carbonyl (C=O) groups excluding carboxylic acids is 4. The minimum atomic E-state index is -1.83. The Balaban J connectivity index is 1.42. The van der Waals surface area contributed by atoms with Crippen molar-refractivity contribution >= 4 is 35.1 Å². The van der Waals surface area contributed by atoms with E-state index in [0.717, 1.165) is 0 Å². The molecular formula is C25H25N5O9. The molecule has 0 saturated carbocycles. The number of esters is 1. The summed E-state index contributed by atoms with van der Waals surface area (Å²) in [5, 5.41) is 16.7. The molecule has 14 nitrogen and oxygen atoms in total. The van der Waals surface area contributed by atoms with Gasteiger partial charge in [-0.1, -0.05) is 11.2 Å². The molecule has 1 saturated heterocycles. The Kier molecular flexibility index (Phi) is 8.17. The first kappa shape index (κ1) is 27.2. The van der Waals surface area contributed by atoms with Crippen LogP contribution in [0.4, 0.5) is 11.4 Å². The van der Waals surface area contributed by atoms with Crippen molar-refractivity contribution in [2.75, 3.05) is 44.1 Å². The molecule has 39 heavy (non-hydrogen) atoms. The minimum Gasteiger partial charge on any atom is -0.468 e. The fraction of sp³-hybridized carbons (Fsp3) is 0.280. The highest BCUT2D eigenvalue weighted by molar-refractivity contribution is 6.04. The molecule has 204 valence electrons. The Labute approximate surface area is 221 Å². The van der Waals surface area contributed by atoms with Crippen LogP contribution in [0.1, 0.15) is 10.4 Å². The summed E-state index contributed by atoms with van der Waals surface area (Å²) in [6.07, 6.45) is -3.32. The number of H-pyrrole nitrogens is 1. The van der Waals surface area contributed by atoms with Gasteiger partial charge in [-0.25, -0.2) is 4.79 Å². The van der Waals surface area contributed by atoms with E-state index >= 15 is 0 Å². The van der Waals surface area contributed by atoms with Crippen molar-refractivity contribution < 1.29 is 38.3 Å². The molecule has 3 N–H and O–H groups in total. The van der Waals surface area contributed by atoms with Crippen molar-refractivity contribution in [1.82, 2.24) is 15.0 Å². The molecule has 0 spiro atoms. The number of nitrogens with one attached hydrogen (secondary N) is 2. The Morgan fingerprint density at radius 2 is 1.97 bits per heavy atom. The molecule has 0 unspecified atom stereocenters. The van der Waals surface area contributed by atoms with Gasteiger partial charge in [-0.3, -0.25) is 28.7 Å².